The van der Waals surface area contributed by atoms with E-state index in [9.17, 15) is 4.79 Å². The quantitative estimate of drug-likeness (QED) is 0.783. The van der Waals surface area contributed by atoms with Gasteiger partial charge in [0.1, 0.15) is 5.88 Å². The summed E-state index contributed by atoms with van der Waals surface area (Å²) in [6, 6.07) is 7.77. The minimum Gasteiger partial charge on any atom is -0.368 e. The van der Waals surface area contributed by atoms with Crippen LogP contribution in [0, 0.1) is 0 Å². The molecule has 106 valence electrons. The molecule has 1 fully saturated rings. The normalized spacial score (nSPS) is 14.7. The summed E-state index contributed by atoms with van der Waals surface area (Å²) in [5.74, 6) is 0.0865. The van der Waals surface area contributed by atoms with Gasteiger partial charge in [0, 0.05) is 36.9 Å². The van der Waals surface area contributed by atoms with Gasteiger partial charge in [0.15, 0.2) is 0 Å². The molecule has 0 unspecified atom stereocenters. The number of alkyl halides is 1. The Bertz CT molecular complexity index is 387. The summed E-state index contributed by atoms with van der Waals surface area (Å²) >= 11 is 11.4. The number of hydrogen-bond acceptors (Lipinski definition) is 2. The number of anilines is 1. The van der Waals surface area contributed by atoms with Gasteiger partial charge in [-0.1, -0.05) is 25.4 Å². The Morgan fingerprint density at radius 3 is 2.11 bits per heavy atom. The van der Waals surface area contributed by atoms with Crippen molar-refractivity contribution in [2.45, 2.75) is 13.8 Å². The maximum atomic E-state index is 11.4. The highest BCUT2D eigenvalue weighted by atomic mass is 35.5. The first-order valence-electron chi connectivity index (χ1n) is 6.55. The van der Waals surface area contributed by atoms with Crippen LogP contribution in [0.5, 0.6) is 0 Å². The molecule has 1 amide bonds. The Hall–Kier alpha value is -0.930. The van der Waals surface area contributed by atoms with E-state index >= 15 is 0 Å². The van der Waals surface area contributed by atoms with Crippen molar-refractivity contribution in [1.82, 2.24) is 4.90 Å². The van der Waals surface area contributed by atoms with E-state index in [1.165, 1.54) is 0 Å². The third-order valence-electron chi connectivity index (χ3n) is 2.94. The molecule has 2 rings (SSSR count). The number of benzene rings is 1. The van der Waals surface area contributed by atoms with Crippen molar-refractivity contribution >= 4 is 34.8 Å². The number of rotatable bonds is 2. The molecule has 5 heteroatoms. The van der Waals surface area contributed by atoms with Crippen molar-refractivity contribution in [1.29, 1.82) is 0 Å². The van der Waals surface area contributed by atoms with Crippen molar-refractivity contribution in [3.05, 3.63) is 29.3 Å². The van der Waals surface area contributed by atoms with E-state index in [2.05, 4.69) is 4.90 Å². The Labute approximate surface area is 125 Å². The molecule has 1 aromatic rings. The van der Waals surface area contributed by atoms with Gasteiger partial charge in [0.2, 0.25) is 5.91 Å². The number of halogens is 2. The van der Waals surface area contributed by atoms with Gasteiger partial charge in [-0.25, -0.2) is 0 Å². The van der Waals surface area contributed by atoms with Crippen molar-refractivity contribution in [3.63, 3.8) is 0 Å². The zero-order valence-electron chi connectivity index (χ0n) is 11.4. The molecule has 0 spiro atoms. The summed E-state index contributed by atoms with van der Waals surface area (Å²) in [6.45, 7) is 7.14. The SMILES string of the molecule is CC.O=C(CCl)N1CCN(c2ccc(Cl)cc2)CC1. The van der Waals surface area contributed by atoms with Crippen LogP contribution >= 0.6 is 23.2 Å². The maximum absolute atomic E-state index is 11.4. The van der Waals surface area contributed by atoms with Gasteiger partial charge in [-0.3, -0.25) is 4.79 Å². The van der Waals surface area contributed by atoms with Gasteiger partial charge >= 0.3 is 0 Å². The smallest absolute Gasteiger partial charge is 0.237 e. The first-order valence-corrected chi connectivity index (χ1v) is 7.46. The fourth-order valence-corrected chi connectivity index (χ4v) is 2.25. The largest absolute Gasteiger partial charge is 0.368 e. The Morgan fingerprint density at radius 2 is 1.63 bits per heavy atom. The van der Waals surface area contributed by atoms with E-state index in [4.69, 9.17) is 23.2 Å². The van der Waals surface area contributed by atoms with Gasteiger partial charge in [-0.2, -0.15) is 0 Å². The van der Waals surface area contributed by atoms with Gasteiger partial charge < -0.3 is 9.80 Å². The molecule has 0 bridgehead atoms. The molecular formula is C14H20Cl2N2O. The van der Waals surface area contributed by atoms with Crippen LogP contribution < -0.4 is 4.90 Å². The zero-order chi connectivity index (χ0) is 14.3. The molecule has 0 radical (unpaired) electrons. The lowest BCUT2D eigenvalue weighted by molar-refractivity contribution is -0.128. The fourth-order valence-electron chi connectivity index (χ4n) is 1.95. The molecule has 1 aliphatic heterocycles. The van der Waals surface area contributed by atoms with Crippen molar-refractivity contribution in [3.8, 4) is 0 Å². The number of carbonyl (C=O) groups is 1. The molecular weight excluding hydrogens is 283 g/mol. The van der Waals surface area contributed by atoms with Gasteiger partial charge in [-0.15, -0.1) is 11.6 Å². The van der Waals surface area contributed by atoms with Gasteiger partial charge in [0.05, 0.1) is 0 Å². The third-order valence-corrected chi connectivity index (χ3v) is 3.42. The summed E-state index contributed by atoms with van der Waals surface area (Å²) in [7, 11) is 0. The predicted molar refractivity (Wildman–Crippen MR) is 82.3 cm³/mol. The number of hydrogen-bond donors (Lipinski definition) is 0. The Kier molecular flexibility index (Phi) is 7.03. The standard InChI is InChI=1S/C12H14Cl2N2O.C2H6/c13-9-12(17)16-7-5-15(6-8-16)11-3-1-10(14)2-4-11;1-2/h1-4H,5-9H2;1-2H3. The zero-order valence-corrected chi connectivity index (χ0v) is 12.9. The van der Waals surface area contributed by atoms with Crippen LogP contribution in [0.2, 0.25) is 5.02 Å². The molecule has 0 aliphatic carbocycles. The first kappa shape index (κ1) is 16.1. The van der Waals surface area contributed by atoms with Crippen LogP contribution in [0.15, 0.2) is 24.3 Å². The monoisotopic (exact) mass is 302 g/mol. The van der Waals surface area contributed by atoms with E-state index in [1.807, 2.05) is 38.1 Å². The molecule has 0 aromatic heterocycles. The van der Waals surface area contributed by atoms with E-state index in [0.717, 1.165) is 36.9 Å². The summed E-state index contributed by atoms with van der Waals surface area (Å²) in [5, 5.41) is 0.740. The second-order valence-electron chi connectivity index (χ2n) is 3.98. The molecule has 0 atom stereocenters. The van der Waals surface area contributed by atoms with Crippen LogP contribution in [-0.4, -0.2) is 42.9 Å². The molecule has 1 aliphatic rings. The molecule has 0 saturated carbocycles. The van der Waals surface area contributed by atoms with Crippen molar-refractivity contribution in [2.24, 2.45) is 0 Å². The van der Waals surface area contributed by atoms with E-state index < -0.39 is 0 Å². The van der Waals surface area contributed by atoms with Crippen LogP contribution in [0.1, 0.15) is 13.8 Å². The van der Waals surface area contributed by atoms with E-state index in [-0.39, 0.29) is 11.8 Å². The summed E-state index contributed by atoms with van der Waals surface area (Å²) < 4.78 is 0. The number of carbonyl (C=O) groups excluding carboxylic acids is 1. The molecule has 3 nitrogen and oxygen atoms in total. The highest BCUT2D eigenvalue weighted by Gasteiger charge is 2.20. The predicted octanol–water partition coefficient (Wildman–Crippen LogP) is 3.25. The summed E-state index contributed by atoms with van der Waals surface area (Å²) in [4.78, 5) is 15.5. The van der Waals surface area contributed by atoms with Crippen LogP contribution in [0.25, 0.3) is 0 Å². The minimum absolute atomic E-state index is 0.0161. The molecule has 1 heterocycles. The lowest BCUT2D eigenvalue weighted by atomic mass is 10.2. The average molecular weight is 303 g/mol. The van der Waals surface area contributed by atoms with Crippen LogP contribution in [-0.2, 0) is 4.79 Å². The highest BCUT2D eigenvalue weighted by molar-refractivity contribution is 6.30. The van der Waals surface area contributed by atoms with Gasteiger partial charge in [0.25, 0.3) is 0 Å². The van der Waals surface area contributed by atoms with E-state index in [1.54, 1.807) is 4.90 Å². The number of nitrogens with zero attached hydrogens (tertiary/aromatic N) is 2. The van der Waals surface area contributed by atoms with Crippen molar-refractivity contribution in [2.75, 3.05) is 37.0 Å². The average Bonchev–Trinajstić information content (AvgIpc) is 2.49. The molecule has 0 N–H and O–H groups in total. The molecule has 1 saturated heterocycles. The Morgan fingerprint density at radius 1 is 1.11 bits per heavy atom. The Balaban J connectivity index is 0.000000861. The fraction of sp³-hybridized carbons (Fsp3) is 0.500. The third kappa shape index (κ3) is 4.59. The molecule has 1 aromatic carbocycles. The molecule has 19 heavy (non-hydrogen) atoms. The second kappa shape index (κ2) is 8.28. The lowest BCUT2D eigenvalue weighted by Gasteiger charge is -2.35. The lowest BCUT2D eigenvalue weighted by Crippen LogP contribution is -2.49. The second-order valence-corrected chi connectivity index (χ2v) is 4.68. The topological polar surface area (TPSA) is 23.6 Å². The van der Waals surface area contributed by atoms with Crippen molar-refractivity contribution < 1.29 is 4.79 Å². The number of amides is 1. The minimum atomic E-state index is 0.0161. The van der Waals surface area contributed by atoms with Crippen LogP contribution in [0.3, 0.4) is 0 Å². The summed E-state index contributed by atoms with van der Waals surface area (Å²) in [5.41, 5.74) is 1.15. The number of piperazine rings is 1. The van der Waals surface area contributed by atoms with Gasteiger partial charge in [-0.05, 0) is 24.3 Å². The van der Waals surface area contributed by atoms with Crippen LogP contribution in [0.4, 0.5) is 5.69 Å². The first-order chi connectivity index (χ1) is 9.20. The highest BCUT2D eigenvalue weighted by Crippen LogP contribution is 2.19. The maximum Gasteiger partial charge on any atom is 0.237 e. The van der Waals surface area contributed by atoms with E-state index in [0.29, 0.717) is 0 Å². The summed E-state index contributed by atoms with van der Waals surface area (Å²) in [6.07, 6.45) is 0.